The number of phosphoric ester groups is 2. The molecule has 4 rings (SSSR count). The molecule has 0 fully saturated rings. The van der Waals surface area contributed by atoms with Gasteiger partial charge in [0.2, 0.25) is 0 Å². The van der Waals surface area contributed by atoms with Crippen LogP contribution >= 0.6 is 27.9 Å². The van der Waals surface area contributed by atoms with Gasteiger partial charge in [0.15, 0.2) is 5.82 Å². The van der Waals surface area contributed by atoms with Gasteiger partial charge in [-0.15, -0.1) is 0 Å². The van der Waals surface area contributed by atoms with Crippen LogP contribution in [0.25, 0.3) is 21.9 Å². The molecule has 0 amide bonds. The zero-order valence-electron chi connectivity index (χ0n) is 20.6. The molecule has 6 N–H and O–H groups in total. The number of anilines is 1. The molecule has 2 aromatic heterocycles. The van der Waals surface area contributed by atoms with E-state index in [0.717, 1.165) is 24.5 Å². The van der Waals surface area contributed by atoms with Crippen molar-refractivity contribution in [3.8, 4) is 11.5 Å². The van der Waals surface area contributed by atoms with Gasteiger partial charge in [-0.2, -0.15) is 0 Å². The molecule has 13 nitrogen and oxygen atoms in total. The standard InChI is InChI=1S/C23H25N5O8P2S/c1-2-3-4-20-27-21-22(17-7-5-14(11-25-13-39)9-18(17)26-23(21)24)28(20)12-15-10-16(35-37(29,30)31)6-8-19(15)36-38(32,33)34/h5-10H,2-4,11-12H2,1H3,(H2,24,26)(H2,29,30,31)(H2,32,33,34). The number of phosphoric acid groups is 2. The minimum Gasteiger partial charge on any atom is -0.404 e. The number of nitrogen functional groups attached to an aromatic ring is 1. The highest BCUT2D eigenvalue weighted by Gasteiger charge is 2.24. The highest BCUT2D eigenvalue weighted by atomic mass is 32.1. The molecule has 16 heteroatoms. The molecule has 0 aliphatic rings. The summed E-state index contributed by atoms with van der Waals surface area (Å²) >= 11 is 4.65. The fourth-order valence-electron chi connectivity index (χ4n) is 4.18. The van der Waals surface area contributed by atoms with Crippen LogP contribution in [-0.4, -0.2) is 39.3 Å². The van der Waals surface area contributed by atoms with Crippen molar-refractivity contribution in [1.82, 2.24) is 14.5 Å². The lowest BCUT2D eigenvalue weighted by atomic mass is 10.1. The third-order valence-electron chi connectivity index (χ3n) is 5.73. The number of hydrogen-bond donors (Lipinski definition) is 5. The van der Waals surface area contributed by atoms with E-state index in [4.69, 9.17) is 19.8 Å². The van der Waals surface area contributed by atoms with E-state index in [1.807, 2.05) is 29.7 Å². The number of nitrogens with two attached hydrogens (primary N) is 1. The monoisotopic (exact) mass is 593 g/mol. The van der Waals surface area contributed by atoms with Gasteiger partial charge in [-0.3, -0.25) is 19.6 Å². The number of hydrogen-bond acceptors (Lipinski definition) is 9. The van der Waals surface area contributed by atoms with Gasteiger partial charge in [0.1, 0.15) is 22.8 Å². The normalized spacial score (nSPS) is 12.0. The Morgan fingerprint density at radius 1 is 1.08 bits per heavy atom. The first-order valence-corrected chi connectivity index (χ1v) is 15.1. The summed E-state index contributed by atoms with van der Waals surface area (Å²) < 4.78 is 34.5. The second kappa shape index (κ2) is 11.5. The number of aromatic nitrogens is 3. The first-order valence-electron chi connectivity index (χ1n) is 11.6. The largest absolute Gasteiger partial charge is 0.524 e. The van der Waals surface area contributed by atoms with Crippen LogP contribution in [0, 0.1) is 0 Å². The third-order valence-corrected chi connectivity index (χ3v) is 6.74. The number of nitrogens with zero attached hydrogens (tertiary/aromatic N) is 4. The number of aryl methyl sites for hydroxylation is 1. The van der Waals surface area contributed by atoms with Gasteiger partial charge in [0.05, 0.1) is 29.3 Å². The quantitative estimate of drug-likeness (QED) is 0.0948. The minimum atomic E-state index is -4.97. The average Bonchev–Trinajstić information content (AvgIpc) is 3.20. The first kappa shape index (κ1) is 28.8. The molecule has 0 aliphatic heterocycles. The number of pyridine rings is 1. The molecule has 0 spiro atoms. The lowest BCUT2D eigenvalue weighted by molar-refractivity contribution is 0.277. The summed E-state index contributed by atoms with van der Waals surface area (Å²) in [6.45, 7) is 2.30. The molecular weight excluding hydrogens is 568 g/mol. The molecule has 0 unspecified atom stereocenters. The summed E-state index contributed by atoms with van der Waals surface area (Å²) in [4.78, 5) is 50.6. The van der Waals surface area contributed by atoms with Crippen LogP contribution in [0.3, 0.4) is 0 Å². The summed E-state index contributed by atoms with van der Waals surface area (Å²) in [5, 5.41) is 3.04. The van der Waals surface area contributed by atoms with Crippen molar-refractivity contribution >= 4 is 60.8 Å². The molecule has 206 valence electrons. The van der Waals surface area contributed by atoms with E-state index < -0.39 is 15.6 Å². The fourth-order valence-corrected chi connectivity index (χ4v) is 5.07. The van der Waals surface area contributed by atoms with E-state index in [1.54, 1.807) is 0 Å². The number of isothiocyanates is 1. The highest BCUT2D eigenvalue weighted by Crippen LogP contribution is 2.43. The van der Waals surface area contributed by atoms with Crippen LogP contribution in [-0.2, 0) is 28.6 Å². The summed E-state index contributed by atoms with van der Waals surface area (Å²) in [6, 6.07) is 9.07. The maximum absolute atomic E-state index is 11.7. The van der Waals surface area contributed by atoms with Crippen LogP contribution < -0.4 is 14.8 Å². The molecule has 0 saturated heterocycles. The Balaban J connectivity index is 1.95. The van der Waals surface area contributed by atoms with E-state index >= 15 is 0 Å². The number of unbranched alkanes of at least 4 members (excludes halogenated alkanes) is 1. The predicted octanol–water partition coefficient (Wildman–Crippen LogP) is 4.10. The Bertz CT molecular complexity index is 1690. The van der Waals surface area contributed by atoms with Crippen molar-refractivity contribution in [2.24, 2.45) is 4.99 Å². The summed E-state index contributed by atoms with van der Waals surface area (Å²) in [6.07, 6.45) is 2.22. The van der Waals surface area contributed by atoms with Gasteiger partial charge in [-0.1, -0.05) is 25.5 Å². The minimum absolute atomic E-state index is 0.0429. The lowest BCUT2D eigenvalue weighted by Crippen LogP contribution is -2.08. The van der Waals surface area contributed by atoms with Crippen LogP contribution in [0.4, 0.5) is 5.82 Å². The molecule has 4 aromatic rings. The molecule has 2 aromatic carbocycles. The fraction of sp³-hybridized carbons (Fsp3) is 0.261. The zero-order chi connectivity index (χ0) is 28.4. The Hall–Kier alpha value is -3.18. The topological polar surface area (TPSA) is 203 Å². The van der Waals surface area contributed by atoms with Gasteiger partial charge in [0, 0.05) is 17.4 Å². The van der Waals surface area contributed by atoms with Crippen molar-refractivity contribution < 1.29 is 37.8 Å². The van der Waals surface area contributed by atoms with Gasteiger partial charge in [-0.05, 0) is 48.5 Å². The smallest absolute Gasteiger partial charge is 0.404 e. The molecule has 0 atom stereocenters. The first-order chi connectivity index (χ1) is 18.4. The molecule has 0 aliphatic carbocycles. The Morgan fingerprint density at radius 3 is 2.49 bits per heavy atom. The molecule has 39 heavy (non-hydrogen) atoms. The maximum atomic E-state index is 11.7. The Morgan fingerprint density at radius 2 is 1.82 bits per heavy atom. The molecule has 0 bridgehead atoms. The van der Waals surface area contributed by atoms with Crippen LogP contribution in [0.5, 0.6) is 11.5 Å². The lowest BCUT2D eigenvalue weighted by Gasteiger charge is -2.17. The third kappa shape index (κ3) is 7.07. The second-order valence-electron chi connectivity index (χ2n) is 8.60. The van der Waals surface area contributed by atoms with E-state index in [0.29, 0.717) is 40.7 Å². The number of thiocarbonyl (C=S) groups is 1. The van der Waals surface area contributed by atoms with E-state index in [1.165, 1.54) is 12.1 Å². The predicted molar refractivity (Wildman–Crippen MR) is 148 cm³/mol. The summed E-state index contributed by atoms with van der Waals surface area (Å²) in [5.41, 5.74) is 8.96. The summed E-state index contributed by atoms with van der Waals surface area (Å²) in [5.74, 6) is 0.405. The van der Waals surface area contributed by atoms with Crippen molar-refractivity contribution in [3.63, 3.8) is 0 Å². The second-order valence-corrected chi connectivity index (χ2v) is 11.1. The zero-order valence-corrected chi connectivity index (χ0v) is 23.2. The molecule has 0 saturated carbocycles. The van der Waals surface area contributed by atoms with Crippen molar-refractivity contribution in [2.75, 3.05) is 5.73 Å². The van der Waals surface area contributed by atoms with Gasteiger partial charge < -0.3 is 19.3 Å². The summed E-state index contributed by atoms with van der Waals surface area (Å²) in [7, 11) is -9.88. The van der Waals surface area contributed by atoms with Gasteiger partial charge in [-0.25, -0.2) is 24.1 Å². The number of fused-ring (bicyclic) bond motifs is 3. The highest BCUT2D eigenvalue weighted by molar-refractivity contribution is 7.78. The number of aliphatic imine (C=N–C) groups is 1. The van der Waals surface area contributed by atoms with E-state index in [2.05, 4.69) is 27.4 Å². The van der Waals surface area contributed by atoms with E-state index in [9.17, 15) is 28.7 Å². The SMILES string of the molecule is CCCCc1nc2c(N)nc3cc(CN=C=S)ccc3c2n1Cc1cc(OP(=O)(O)O)ccc1OP(=O)(O)O. The number of benzene rings is 2. The Kier molecular flexibility index (Phi) is 8.51. The van der Waals surface area contributed by atoms with Crippen LogP contribution in [0.2, 0.25) is 0 Å². The van der Waals surface area contributed by atoms with Crippen molar-refractivity contribution in [2.45, 2.75) is 39.3 Å². The number of imidazole rings is 1. The maximum Gasteiger partial charge on any atom is 0.524 e. The van der Waals surface area contributed by atoms with Gasteiger partial charge >= 0.3 is 15.6 Å². The Labute approximate surface area is 227 Å². The molecular formula is C23H25N5O8P2S. The van der Waals surface area contributed by atoms with E-state index in [-0.39, 0.29) is 29.4 Å². The van der Waals surface area contributed by atoms with Crippen molar-refractivity contribution in [1.29, 1.82) is 0 Å². The molecule has 0 radical (unpaired) electrons. The number of rotatable bonds is 11. The van der Waals surface area contributed by atoms with Crippen LogP contribution in [0.1, 0.15) is 36.7 Å². The van der Waals surface area contributed by atoms with Gasteiger partial charge in [0.25, 0.3) is 0 Å². The van der Waals surface area contributed by atoms with Crippen molar-refractivity contribution in [3.05, 3.63) is 53.3 Å². The molecule has 2 heterocycles. The van der Waals surface area contributed by atoms with Crippen LogP contribution in [0.15, 0.2) is 41.4 Å². The average molecular weight is 593 g/mol.